The maximum Gasteiger partial charge on any atom is 0.306 e. The number of ether oxygens (including phenoxy) is 2. The topological polar surface area (TPSA) is 72.8 Å². The van der Waals surface area contributed by atoms with Crippen molar-refractivity contribution in [2.45, 2.75) is 26.2 Å². The van der Waals surface area contributed by atoms with E-state index in [1.165, 1.54) is 0 Å². The van der Waals surface area contributed by atoms with Gasteiger partial charge >= 0.3 is 11.9 Å². The van der Waals surface area contributed by atoms with E-state index < -0.39 is 11.9 Å². The van der Waals surface area contributed by atoms with Crippen LogP contribution in [-0.4, -0.2) is 36.9 Å². The second-order valence-corrected chi connectivity index (χ2v) is 3.90. The van der Waals surface area contributed by atoms with Gasteiger partial charge in [0.15, 0.2) is 0 Å². The van der Waals surface area contributed by atoms with Crippen LogP contribution >= 0.6 is 0 Å². The molecule has 0 aromatic rings. The van der Waals surface area contributed by atoms with Crippen molar-refractivity contribution in [3.05, 3.63) is 0 Å². The minimum absolute atomic E-state index is 0.0289. The first-order valence-electron chi connectivity index (χ1n) is 5.03. The molecule has 15 heavy (non-hydrogen) atoms. The van der Waals surface area contributed by atoms with Crippen molar-refractivity contribution in [2.24, 2.45) is 5.41 Å². The van der Waals surface area contributed by atoms with Gasteiger partial charge < -0.3 is 14.6 Å². The van der Waals surface area contributed by atoms with Crippen molar-refractivity contribution in [1.82, 2.24) is 0 Å². The van der Waals surface area contributed by atoms with Crippen LogP contribution in [0.5, 0.6) is 0 Å². The van der Waals surface area contributed by atoms with Crippen LogP contribution in [-0.2, 0) is 19.1 Å². The molecule has 0 aromatic carbocycles. The Bertz CT molecular complexity index is 239. The van der Waals surface area contributed by atoms with E-state index >= 15 is 0 Å². The van der Waals surface area contributed by atoms with E-state index in [-0.39, 0.29) is 18.3 Å². The predicted octanol–water partition coefficient (Wildman–Crippen LogP) is 0.821. The van der Waals surface area contributed by atoms with Crippen LogP contribution in [0, 0.1) is 5.41 Å². The zero-order valence-corrected chi connectivity index (χ0v) is 8.82. The lowest BCUT2D eigenvalue weighted by Crippen LogP contribution is -2.46. The monoisotopic (exact) mass is 216 g/mol. The van der Waals surface area contributed by atoms with Gasteiger partial charge in [-0.25, -0.2) is 0 Å². The zero-order valence-electron chi connectivity index (χ0n) is 8.82. The minimum Gasteiger partial charge on any atom is -0.481 e. The molecule has 0 amide bonds. The summed E-state index contributed by atoms with van der Waals surface area (Å²) in [6, 6.07) is 0. The number of carboxylic acid groups (broad SMARTS) is 1. The summed E-state index contributed by atoms with van der Waals surface area (Å²) in [5.41, 5.74) is -0.0289. The number of aliphatic carboxylic acids is 1. The van der Waals surface area contributed by atoms with Crippen molar-refractivity contribution in [2.75, 3.05) is 19.8 Å². The molecule has 5 heteroatoms. The lowest BCUT2D eigenvalue weighted by Gasteiger charge is -2.39. The molecule has 0 atom stereocenters. The van der Waals surface area contributed by atoms with Gasteiger partial charge in [0.2, 0.25) is 0 Å². The molecule has 5 nitrogen and oxygen atoms in total. The first kappa shape index (κ1) is 12.0. The third kappa shape index (κ3) is 3.51. The van der Waals surface area contributed by atoms with E-state index in [2.05, 4.69) is 0 Å². The van der Waals surface area contributed by atoms with Gasteiger partial charge in [0.1, 0.15) is 6.61 Å². The van der Waals surface area contributed by atoms with Gasteiger partial charge in [-0.05, 0) is 6.42 Å². The van der Waals surface area contributed by atoms with E-state index in [1.54, 1.807) is 0 Å². The number of carboxylic acids is 1. The lowest BCUT2D eigenvalue weighted by atomic mass is 9.84. The summed E-state index contributed by atoms with van der Waals surface area (Å²) < 4.78 is 10.1. The maximum atomic E-state index is 11.1. The fourth-order valence-corrected chi connectivity index (χ4v) is 1.30. The van der Waals surface area contributed by atoms with E-state index in [4.69, 9.17) is 14.6 Å². The number of esters is 1. The molecule has 86 valence electrons. The van der Waals surface area contributed by atoms with Gasteiger partial charge in [-0.3, -0.25) is 9.59 Å². The van der Waals surface area contributed by atoms with E-state index in [1.807, 2.05) is 6.92 Å². The molecule has 1 aliphatic heterocycles. The number of hydrogen-bond acceptors (Lipinski definition) is 4. The summed E-state index contributed by atoms with van der Waals surface area (Å²) in [6.45, 7) is 3.60. The summed E-state index contributed by atoms with van der Waals surface area (Å²) in [5, 5.41) is 8.37. The van der Waals surface area contributed by atoms with Gasteiger partial charge in [-0.15, -0.1) is 0 Å². The number of carbonyl (C=O) groups excluding carboxylic acids is 1. The summed E-state index contributed by atoms with van der Waals surface area (Å²) in [5.74, 6) is -1.43. The highest BCUT2D eigenvalue weighted by molar-refractivity contribution is 5.76. The molecular weight excluding hydrogens is 200 g/mol. The summed E-state index contributed by atoms with van der Waals surface area (Å²) in [4.78, 5) is 21.3. The SMILES string of the molecule is CCC1(COC(=O)CCC(=O)O)COC1. The second kappa shape index (κ2) is 5.11. The molecule has 1 rings (SSSR count). The molecule has 0 spiro atoms. The molecule has 1 heterocycles. The number of hydrogen-bond donors (Lipinski definition) is 1. The molecule has 1 fully saturated rings. The average molecular weight is 216 g/mol. The Morgan fingerprint density at radius 3 is 2.47 bits per heavy atom. The number of carbonyl (C=O) groups is 2. The van der Waals surface area contributed by atoms with Crippen molar-refractivity contribution in [3.8, 4) is 0 Å². The molecule has 0 saturated carbocycles. The van der Waals surface area contributed by atoms with Gasteiger partial charge in [0.25, 0.3) is 0 Å². The molecule has 0 aromatic heterocycles. The van der Waals surface area contributed by atoms with Crippen LogP contribution in [0.15, 0.2) is 0 Å². The molecule has 1 saturated heterocycles. The van der Waals surface area contributed by atoms with Crippen LogP contribution in [0.3, 0.4) is 0 Å². The summed E-state index contributed by atoms with van der Waals surface area (Å²) in [7, 11) is 0. The Morgan fingerprint density at radius 1 is 1.40 bits per heavy atom. The van der Waals surface area contributed by atoms with Crippen molar-refractivity contribution < 1.29 is 24.2 Å². The average Bonchev–Trinajstić information content (AvgIpc) is 2.14. The third-order valence-corrected chi connectivity index (χ3v) is 2.65. The van der Waals surface area contributed by atoms with Crippen LogP contribution in [0.2, 0.25) is 0 Å². The van der Waals surface area contributed by atoms with Gasteiger partial charge in [0.05, 0.1) is 31.5 Å². The quantitative estimate of drug-likeness (QED) is 0.665. The summed E-state index contributed by atoms with van der Waals surface area (Å²) in [6.07, 6.45) is 0.670. The van der Waals surface area contributed by atoms with Crippen LogP contribution in [0.25, 0.3) is 0 Å². The van der Waals surface area contributed by atoms with Gasteiger partial charge in [0, 0.05) is 0 Å². The van der Waals surface area contributed by atoms with Crippen molar-refractivity contribution in [1.29, 1.82) is 0 Å². The van der Waals surface area contributed by atoms with Gasteiger partial charge in [-0.1, -0.05) is 6.92 Å². The summed E-state index contributed by atoms with van der Waals surface area (Å²) >= 11 is 0. The zero-order chi connectivity index (χ0) is 11.3. The van der Waals surface area contributed by atoms with E-state index in [0.717, 1.165) is 6.42 Å². The predicted molar refractivity (Wildman–Crippen MR) is 51.4 cm³/mol. The van der Waals surface area contributed by atoms with Crippen molar-refractivity contribution in [3.63, 3.8) is 0 Å². The van der Waals surface area contributed by atoms with E-state index in [0.29, 0.717) is 19.8 Å². The molecule has 0 radical (unpaired) electrons. The number of rotatable bonds is 6. The van der Waals surface area contributed by atoms with Crippen LogP contribution in [0.4, 0.5) is 0 Å². The molecule has 1 N–H and O–H groups in total. The molecule has 1 aliphatic rings. The Hall–Kier alpha value is -1.10. The fourth-order valence-electron chi connectivity index (χ4n) is 1.30. The van der Waals surface area contributed by atoms with Crippen molar-refractivity contribution >= 4 is 11.9 Å². The molecule has 0 bridgehead atoms. The molecule has 0 unspecified atom stereocenters. The fraction of sp³-hybridized carbons (Fsp3) is 0.800. The van der Waals surface area contributed by atoms with Gasteiger partial charge in [-0.2, -0.15) is 0 Å². The highest BCUT2D eigenvalue weighted by Gasteiger charge is 2.38. The minimum atomic E-state index is -0.982. The van der Waals surface area contributed by atoms with Crippen LogP contribution < -0.4 is 0 Å². The standard InChI is InChI=1S/C10H16O5/c1-2-10(5-14-6-10)7-15-9(13)4-3-8(11)12/h2-7H2,1H3,(H,11,12). The first-order valence-corrected chi connectivity index (χ1v) is 5.03. The molecular formula is C10H16O5. The highest BCUT2D eigenvalue weighted by atomic mass is 16.5. The Labute approximate surface area is 88.4 Å². The Morgan fingerprint density at radius 2 is 2.07 bits per heavy atom. The molecule has 0 aliphatic carbocycles. The Balaban J connectivity index is 2.18. The third-order valence-electron chi connectivity index (χ3n) is 2.65. The smallest absolute Gasteiger partial charge is 0.306 e. The van der Waals surface area contributed by atoms with Crippen LogP contribution in [0.1, 0.15) is 26.2 Å². The first-order chi connectivity index (χ1) is 7.08. The largest absolute Gasteiger partial charge is 0.481 e. The van der Waals surface area contributed by atoms with E-state index in [9.17, 15) is 9.59 Å². The highest BCUT2D eigenvalue weighted by Crippen LogP contribution is 2.31. The lowest BCUT2D eigenvalue weighted by molar-refractivity contribution is -0.171. The Kier molecular flexibility index (Phi) is 4.08. The second-order valence-electron chi connectivity index (χ2n) is 3.90. The normalized spacial score (nSPS) is 17.9. The maximum absolute atomic E-state index is 11.1.